The molecule has 1 aromatic heterocycles. The van der Waals surface area contributed by atoms with Crippen LogP contribution >= 0.6 is 11.3 Å². The molecule has 1 saturated heterocycles. The monoisotopic (exact) mass is 345 g/mol. The van der Waals surface area contributed by atoms with E-state index in [0.29, 0.717) is 0 Å². The van der Waals surface area contributed by atoms with E-state index in [9.17, 15) is 9.59 Å². The topological polar surface area (TPSA) is 55.8 Å². The second kappa shape index (κ2) is 5.48. The predicted octanol–water partition coefficient (Wildman–Crippen LogP) is 2.86. The summed E-state index contributed by atoms with van der Waals surface area (Å²) in [6.45, 7) is 0.907. The van der Waals surface area contributed by atoms with Crippen molar-refractivity contribution in [1.82, 2.24) is 0 Å². The zero-order valence-electron chi connectivity index (χ0n) is 13.7. The molecule has 1 aromatic carbocycles. The Morgan fingerprint density at radius 3 is 2.83 bits per heavy atom. The Kier molecular flexibility index (Phi) is 3.53. The van der Waals surface area contributed by atoms with Gasteiger partial charge in [-0.25, -0.2) is 0 Å². The first kappa shape index (κ1) is 15.4. The van der Waals surface area contributed by atoms with E-state index < -0.39 is 5.41 Å². The van der Waals surface area contributed by atoms with E-state index in [0.717, 1.165) is 40.0 Å². The Morgan fingerprint density at radius 2 is 2.08 bits per heavy atom. The molecule has 5 nitrogen and oxygen atoms in total. The van der Waals surface area contributed by atoms with Crippen molar-refractivity contribution in [2.24, 2.45) is 0 Å². The first-order chi connectivity index (χ1) is 11.6. The number of hydrogen-bond donors (Lipinski definition) is 0. The van der Waals surface area contributed by atoms with Gasteiger partial charge in [0, 0.05) is 16.8 Å². The summed E-state index contributed by atoms with van der Waals surface area (Å²) in [4.78, 5) is 27.5. The quantitative estimate of drug-likeness (QED) is 0.801. The highest BCUT2D eigenvalue weighted by molar-refractivity contribution is 7.23. The van der Waals surface area contributed by atoms with Gasteiger partial charge in [0.1, 0.15) is 5.41 Å². The summed E-state index contributed by atoms with van der Waals surface area (Å²) in [6, 6.07) is 8.02. The van der Waals surface area contributed by atoms with Crippen molar-refractivity contribution in [1.29, 1.82) is 0 Å². The molecule has 0 radical (unpaired) electrons. The Hall–Kier alpha value is -2.08. The van der Waals surface area contributed by atoms with Crippen molar-refractivity contribution >= 4 is 38.4 Å². The van der Waals surface area contributed by atoms with Crippen molar-refractivity contribution in [2.75, 3.05) is 25.7 Å². The van der Waals surface area contributed by atoms with Gasteiger partial charge in [0.2, 0.25) is 0 Å². The number of methoxy groups -OCH3 is 2. The number of esters is 2. The largest absolute Gasteiger partial charge is 0.469 e. The molecule has 0 spiro atoms. The van der Waals surface area contributed by atoms with Gasteiger partial charge in [-0.3, -0.25) is 9.59 Å². The smallest absolute Gasteiger partial charge is 0.319 e. The summed E-state index contributed by atoms with van der Waals surface area (Å²) >= 11 is 1.69. The van der Waals surface area contributed by atoms with Crippen LogP contribution in [0.3, 0.4) is 0 Å². The summed E-state index contributed by atoms with van der Waals surface area (Å²) in [6.07, 6.45) is 1.91. The molecule has 0 amide bonds. The van der Waals surface area contributed by atoms with Crippen molar-refractivity contribution in [3.8, 4) is 0 Å². The highest BCUT2D eigenvalue weighted by Gasteiger charge is 2.61. The van der Waals surface area contributed by atoms with Crippen LogP contribution < -0.4 is 4.90 Å². The molecule has 0 N–H and O–H groups in total. The second-order valence-electron chi connectivity index (χ2n) is 6.35. The standard InChI is InChI=1S/C18H19NO4S/c1-22-14(20)10-18(17(21)23-2)13-8-5-9-19(13)16-15(18)11-6-3-4-7-12(11)24-16/h3-4,6-7,13H,5,8-10H2,1-2H3/t13-,18+/m1/s1. The number of fused-ring (bicyclic) bond motifs is 5. The van der Waals surface area contributed by atoms with Gasteiger partial charge in [0.25, 0.3) is 0 Å². The van der Waals surface area contributed by atoms with Gasteiger partial charge >= 0.3 is 11.9 Å². The van der Waals surface area contributed by atoms with Gasteiger partial charge in [-0.1, -0.05) is 18.2 Å². The highest BCUT2D eigenvalue weighted by atomic mass is 32.1. The van der Waals surface area contributed by atoms with Crippen LogP contribution in [0.25, 0.3) is 10.1 Å². The van der Waals surface area contributed by atoms with Crippen molar-refractivity contribution in [3.05, 3.63) is 29.8 Å². The van der Waals surface area contributed by atoms with E-state index in [1.165, 1.54) is 14.2 Å². The van der Waals surface area contributed by atoms with E-state index >= 15 is 0 Å². The second-order valence-corrected chi connectivity index (χ2v) is 7.38. The molecular weight excluding hydrogens is 326 g/mol. The average molecular weight is 345 g/mol. The van der Waals surface area contributed by atoms with Gasteiger partial charge in [-0.2, -0.15) is 0 Å². The maximum Gasteiger partial charge on any atom is 0.319 e. The molecular formula is C18H19NO4S. The number of rotatable bonds is 3. The number of thiophene rings is 1. The number of nitrogens with zero attached hydrogens (tertiary/aromatic N) is 1. The lowest BCUT2D eigenvalue weighted by atomic mass is 9.72. The van der Waals surface area contributed by atoms with Crippen molar-refractivity contribution in [3.63, 3.8) is 0 Å². The fraction of sp³-hybridized carbons (Fsp3) is 0.444. The third-order valence-corrected chi connectivity index (χ3v) is 6.51. The number of anilines is 1. The molecule has 2 atom stereocenters. The molecule has 2 aliphatic heterocycles. The summed E-state index contributed by atoms with van der Waals surface area (Å²) in [7, 11) is 2.76. The van der Waals surface area contributed by atoms with Crippen molar-refractivity contribution in [2.45, 2.75) is 30.7 Å². The van der Waals surface area contributed by atoms with Gasteiger partial charge in [-0.05, 0) is 24.3 Å². The Labute approximate surface area is 144 Å². The zero-order chi connectivity index (χ0) is 16.9. The van der Waals surface area contributed by atoms with Gasteiger partial charge in [0.15, 0.2) is 0 Å². The van der Waals surface area contributed by atoms with Crippen molar-refractivity contribution < 1.29 is 19.1 Å². The van der Waals surface area contributed by atoms with E-state index in [4.69, 9.17) is 9.47 Å². The third-order valence-electron chi connectivity index (χ3n) is 5.31. The molecule has 0 aliphatic carbocycles. The van der Waals surface area contributed by atoms with E-state index in [2.05, 4.69) is 11.0 Å². The lowest BCUT2D eigenvalue weighted by molar-refractivity contribution is -0.154. The number of hydrogen-bond acceptors (Lipinski definition) is 6. The fourth-order valence-electron chi connectivity index (χ4n) is 4.35. The molecule has 2 aromatic rings. The molecule has 126 valence electrons. The van der Waals surface area contributed by atoms with Crippen LogP contribution in [0, 0.1) is 0 Å². The summed E-state index contributed by atoms with van der Waals surface area (Å²) in [5.41, 5.74) is -0.0298. The summed E-state index contributed by atoms with van der Waals surface area (Å²) in [5, 5.41) is 2.15. The minimum atomic E-state index is -0.979. The molecule has 2 aliphatic rings. The Morgan fingerprint density at radius 1 is 1.29 bits per heavy atom. The molecule has 4 rings (SSSR count). The third kappa shape index (κ3) is 1.86. The lowest BCUT2D eigenvalue weighted by Crippen LogP contribution is -2.49. The molecule has 24 heavy (non-hydrogen) atoms. The molecule has 0 saturated carbocycles. The minimum absolute atomic E-state index is 0.0189. The number of carbonyl (C=O) groups excluding carboxylic acids is 2. The minimum Gasteiger partial charge on any atom is -0.469 e. The molecule has 0 unspecified atom stereocenters. The average Bonchev–Trinajstić information content (AvgIpc) is 3.27. The first-order valence-electron chi connectivity index (χ1n) is 8.07. The Balaban J connectivity index is 2.01. The zero-order valence-corrected chi connectivity index (χ0v) is 14.5. The van der Waals surface area contributed by atoms with Gasteiger partial charge in [0.05, 0.1) is 31.7 Å². The molecule has 0 bridgehead atoms. The van der Waals surface area contributed by atoms with Crippen LogP contribution in [0.4, 0.5) is 5.00 Å². The highest BCUT2D eigenvalue weighted by Crippen LogP contribution is 2.58. The number of benzene rings is 1. The molecule has 1 fully saturated rings. The van der Waals surface area contributed by atoms with Crippen LogP contribution in [-0.2, 0) is 24.5 Å². The van der Waals surface area contributed by atoms with Crippen LogP contribution in [0.5, 0.6) is 0 Å². The van der Waals surface area contributed by atoms with E-state index in [1.54, 1.807) is 11.3 Å². The maximum atomic E-state index is 13.0. The van der Waals surface area contributed by atoms with Gasteiger partial charge in [-0.15, -0.1) is 11.3 Å². The predicted molar refractivity (Wildman–Crippen MR) is 92.5 cm³/mol. The van der Waals surface area contributed by atoms with Gasteiger partial charge < -0.3 is 14.4 Å². The number of carbonyl (C=O) groups is 2. The lowest BCUT2D eigenvalue weighted by Gasteiger charge is -2.33. The SMILES string of the molecule is COC(=O)C[C@@]1(C(=O)OC)c2c(sc3ccccc23)N2CCC[C@@H]21. The normalized spacial score (nSPS) is 24.8. The van der Waals surface area contributed by atoms with Crippen LogP contribution in [0.15, 0.2) is 24.3 Å². The maximum absolute atomic E-state index is 13.0. The van der Waals surface area contributed by atoms with E-state index in [-0.39, 0.29) is 24.4 Å². The summed E-state index contributed by atoms with van der Waals surface area (Å²) in [5.74, 6) is -0.720. The van der Waals surface area contributed by atoms with Crippen LogP contribution in [0.2, 0.25) is 0 Å². The molecule has 3 heterocycles. The van der Waals surface area contributed by atoms with Crippen LogP contribution in [-0.4, -0.2) is 38.7 Å². The summed E-state index contributed by atoms with van der Waals surface area (Å²) < 4.78 is 11.3. The Bertz CT molecular complexity index is 830. The fourth-order valence-corrected chi connectivity index (χ4v) is 5.72. The first-order valence-corrected chi connectivity index (χ1v) is 8.89. The van der Waals surface area contributed by atoms with E-state index in [1.807, 2.05) is 18.2 Å². The van der Waals surface area contributed by atoms with Crippen LogP contribution in [0.1, 0.15) is 24.8 Å². The number of ether oxygens (including phenoxy) is 2. The molecule has 6 heteroatoms.